The molecule has 1 amide bonds. The van der Waals surface area contributed by atoms with Gasteiger partial charge in [-0.05, 0) is 43.0 Å². The van der Waals surface area contributed by atoms with Crippen LogP contribution in [0.2, 0.25) is 0 Å². The molecule has 0 saturated heterocycles. The quantitative estimate of drug-likeness (QED) is 0.841. The number of nitrogens with one attached hydrogen (secondary N) is 1. The highest BCUT2D eigenvalue weighted by molar-refractivity contribution is 5.94. The van der Waals surface area contributed by atoms with Crippen molar-refractivity contribution in [1.29, 1.82) is 0 Å². The number of carbonyl (C=O) groups excluding carboxylic acids is 1. The number of carboxylic acids is 1. The van der Waals surface area contributed by atoms with Gasteiger partial charge in [-0.1, -0.05) is 19.1 Å². The van der Waals surface area contributed by atoms with Crippen molar-refractivity contribution < 1.29 is 19.1 Å². The molecule has 128 valence electrons. The summed E-state index contributed by atoms with van der Waals surface area (Å²) in [6, 6.07) is 3.17. The highest BCUT2D eigenvalue weighted by Gasteiger charge is 2.23. The third-order valence-electron chi connectivity index (χ3n) is 3.44. The van der Waals surface area contributed by atoms with Gasteiger partial charge >= 0.3 is 5.97 Å². The summed E-state index contributed by atoms with van der Waals surface area (Å²) in [6.45, 7) is 5.45. The Bertz CT molecular complexity index is 758. The Morgan fingerprint density at radius 2 is 2.08 bits per heavy atom. The average Bonchev–Trinajstić information content (AvgIpc) is 2.95. The molecule has 0 aliphatic carbocycles. The molecule has 1 aromatic carbocycles. The molecule has 2 N–H and O–H groups in total. The zero-order chi connectivity index (χ0) is 17.9. The molecule has 24 heavy (non-hydrogen) atoms. The number of hydrogen-bond donors (Lipinski definition) is 2. The molecule has 0 fully saturated rings. The van der Waals surface area contributed by atoms with Gasteiger partial charge in [-0.15, -0.1) is 5.10 Å². The Balaban J connectivity index is 2.17. The van der Waals surface area contributed by atoms with Crippen molar-refractivity contribution in [2.45, 2.75) is 33.2 Å². The lowest BCUT2D eigenvalue weighted by atomic mass is 10.0. The fourth-order valence-electron chi connectivity index (χ4n) is 2.29. The summed E-state index contributed by atoms with van der Waals surface area (Å²) in [7, 11) is 0. The molecule has 7 nitrogen and oxygen atoms in total. The first-order chi connectivity index (χ1) is 11.3. The van der Waals surface area contributed by atoms with Gasteiger partial charge in [0.05, 0.1) is 11.9 Å². The molecule has 0 spiro atoms. The standard InChI is InChI=1S/C16H19FN4O3/c1-9(2)6-12(16(23)24)18-15(22)13-8-21(20-19-13)14-5-4-11(17)7-10(14)3/h4-5,7-9,12H,6H2,1-3H3,(H,18,22)(H,23,24)/t12-/m0/s1. The lowest BCUT2D eigenvalue weighted by molar-refractivity contribution is -0.139. The van der Waals surface area contributed by atoms with E-state index >= 15 is 0 Å². The zero-order valence-corrected chi connectivity index (χ0v) is 13.7. The van der Waals surface area contributed by atoms with E-state index in [1.54, 1.807) is 6.92 Å². The Labute approximate surface area is 138 Å². The van der Waals surface area contributed by atoms with Crippen LogP contribution in [0.15, 0.2) is 24.4 Å². The Kier molecular flexibility index (Phi) is 5.28. The maximum absolute atomic E-state index is 13.2. The monoisotopic (exact) mass is 334 g/mol. The number of benzene rings is 1. The van der Waals surface area contributed by atoms with Crippen LogP contribution in [0.5, 0.6) is 0 Å². The third kappa shape index (κ3) is 4.15. The summed E-state index contributed by atoms with van der Waals surface area (Å²) >= 11 is 0. The van der Waals surface area contributed by atoms with Crippen molar-refractivity contribution in [3.8, 4) is 5.69 Å². The van der Waals surface area contributed by atoms with Crippen molar-refractivity contribution in [1.82, 2.24) is 20.3 Å². The predicted octanol–water partition coefficient (Wildman–Crippen LogP) is 1.94. The largest absolute Gasteiger partial charge is 0.480 e. The first-order valence-electron chi connectivity index (χ1n) is 7.50. The minimum Gasteiger partial charge on any atom is -0.480 e. The number of aryl methyl sites for hydroxylation is 1. The van der Waals surface area contributed by atoms with E-state index in [4.69, 9.17) is 0 Å². The highest BCUT2D eigenvalue weighted by atomic mass is 19.1. The van der Waals surface area contributed by atoms with Gasteiger partial charge in [0.15, 0.2) is 5.69 Å². The van der Waals surface area contributed by atoms with Crippen LogP contribution >= 0.6 is 0 Å². The number of halogens is 1. The van der Waals surface area contributed by atoms with Crippen LogP contribution in [-0.2, 0) is 4.79 Å². The zero-order valence-electron chi connectivity index (χ0n) is 13.7. The van der Waals surface area contributed by atoms with E-state index in [9.17, 15) is 19.1 Å². The molecule has 2 aromatic rings. The second-order valence-electron chi connectivity index (χ2n) is 5.97. The molecule has 2 rings (SSSR count). The fourth-order valence-corrected chi connectivity index (χ4v) is 2.29. The number of carboxylic acid groups (broad SMARTS) is 1. The van der Waals surface area contributed by atoms with Gasteiger partial charge in [0, 0.05) is 0 Å². The van der Waals surface area contributed by atoms with Crippen LogP contribution < -0.4 is 5.32 Å². The number of carbonyl (C=O) groups is 2. The van der Waals surface area contributed by atoms with E-state index in [0.717, 1.165) is 0 Å². The Morgan fingerprint density at radius 1 is 1.38 bits per heavy atom. The second-order valence-corrected chi connectivity index (χ2v) is 5.97. The van der Waals surface area contributed by atoms with E-state index in [2.05, 4.69) is 15.6 Å². The molecule has 0 aliphatic heterocycles. The van der Waals surface area contributed by atoms with Crippen LogP contribution in [-0.4, -0.2) is 38.0 Å². The number of rotatable bonds is 6. The number of aromatic nitrogens is 3. The summed E-state index contributed by atoms with van der Waals surface area (Å²) < 4.78 is 14.5. The smallest absolute Gasteiger partial charge is 0.326 e. The van der Waals surface area contributed by atoms with Gasteiger partial charge in [0.25, 0.3) is 5.91 Å². The van der Waals surface area contributed by atoms with Crippen molar-refractivity contribution in [2.75, 3.05) is 0 Å². The van der Waals surface area contributed by atoms with Crippen molar-refractivity contribution in [3.63, 3.8) is 0 Å². The second kappa shape index (κ2) is 7.20. The lowest BCUT2D eigenvalue weighted by Crippen LogP contribution is -2.41. The number of amides is 1. The summed E-state index contributed by atoms with van der Waals surface area (Å²) in [5.41, 5.74) is 1.21. The van der Waals surface area contributed by atoms with E-state index < -0.39 is 17.9 Å². The Morgan fingerprint density at radius 3 is 2.67 bits per heavy atom. The van der Waals surface area contributed by atoms with Gasteiger partial charge in [0.2, 0.25) is 0 Å². The maximum atomic E-state index is 13.2. The normalized spacial score (nSPS) is 12.2. The molecule has 0 aliphatic rings. The molecule has 1 atom stereocenters. The van der Waals surface area contributed by atoms with E-state index in [1.807, 2.05) is 13.8 Å². The van der Waals surface area contributed by atoms with Gasteiger partial charge < -0.3 is 10.4 Å². The van der Waals surface area contributed by atoms with Crippen LogP contribution in [0.4, 0.5) is 4.39 Å². The van der Waals surface area contributed by atoms with Crippen LogP contribution in [0.3, 0.4) is 0 Å². The summed E-state index contributed by atoms with van der Waals surface area (Å²) in [5.74, 6) is -1.97. The predicted molar refractivity (Wildman–Crippen MR) is 84.4 cm³/mol. The first kappa shape index (κ1) is 17.6. The molecule has 0 radical (unpaired) electrons. The first-order valence-corrected chi connectivity index (χ1v) is 7.50. The van der Waals surface area contributed by atoms with E-state index in [1.165, 1.54) is 29.1 Å². The molecule has 1 heterocycles. The van der Waals surface area contributed by atoms with E-state index in [-0.39, 0.29) is 17.4 Å². The molecule has 0 saturated carbocycles. The van der Waals surface area contributed by atoms with Crippen molar-refractivity contribution in [2.24, 2.45) is 5.92 Å². The van der Waals surface area contributed by atoms with Crippen molar-refractivity contribution in [3.05, 3.63) is 41.5 Å². The summed E-state index contributed by atoms with van der Waals surface area (Å²) in [5, 5.41) is 19.2. The molecule has 8 heteroatoms. The summed E-state index contributed by atoms with van der Waals surface area (Å²) in [6.07, 6.45) is 1.69. The minimum absolute atomic E-state index is 0.00580. The van der Waals surface area contributed by atoms with Gasteiger partial charge in [-0.3, -0.25) is 4.79 Å². The molecule has 0 bridgehead atoms. The van der Waals surface area contributed by atoms with Crippen LogP contribution in [0.1, 0.15) is 36.3 Å². The van der Waals surface area contributed by atoms with E-state index in [0.29, 0.717) is 17.7 Å². The third-order valence-corrected chi connectivity index (χ3v) is 3.44. The van der Waals surface area contributed by atoms with Crippen molar-refractivity contribution >= 4 is 11.9 Å². The topological polar surface area (TPSA) is 97.1 Å². The Hall–Kier alpha value is -2.77. The number of nitrogens with zero attached hydrogens (tertiary/aromatic N) is 3. The fraction of sp³-hybridized carbons (Fsp3) is 0.375. The lowest BCUT2D eigenvalue weighted by Gasteiger charge is -2.15. The van der Waals surface area contributed by atoms with Gasteiger partial charge in [0.1, 0.15) is 11.9 Å². The number of aliphatic carboxylic acids is 1. The SMILES string of the molecule is Cc1cc(F)ccc1-n1cc(C(=O)N[C@@H](CC(C)C)C(=O)O)nn1. The maximum Gasteiger partial charge on any atom is 0.326 e. The number of hydrogen-bond acceptors (Lipinski definition) is 4. The molecule has 0 unspecified atom stereocenters. The molecular weight excluding hydrogens is 315 g/mol. The van der Waals surface area contributed by atoms with Gasteiger partial charge in [-0.2, -0.15) is 0 Å². The highest BCUT2D eigenvalue weighted by Crippen LogP contribution is 2.14. The summed E-state index contributed by atoms with van der Waals surface area (Å²) in [4.78, 5) is 23.4. The van der Waals surface area contributed by atoms with Crippen LogP contribution in [0, 0.1) is 18.7 Å². The molecule has 1 aromatic heterocycles. The molecular formula is C16H19FN4O3. The average molecular weight is 334 g/mol. The van der Waals surface area contributed by atoms with Crippen LogP contribution in [0.25, 0.3) is 5.69 Å². The minimum atomic E-state index is -1.10. The van der Waals surface area contributed by atoms with Gasteiger partial charge in [-0.25, -0.2) is 13.9 Å².